The van der Waals surface area contributed by atoms with Gasteiger partial charge in [0.25, 0.3) is 0 Å². The predicted molar refractivity (Wildman–Crippen MR) is 63.6 cm³/mol. The van der Waals surface area contributed by atoms with Gasteiger partial charge in [0, 0.05) is 5.56 Å². The summed E-state index contributed by atoms with van der Waals surface area (Å²) in [5.41, 5.74) is -0.814. The molecule has 0 N–H and O–H groups in total. The molecule has 0 aliphatic rings. The van der Waals surface area contributed by atoms with Crippen LogP contribution in [0.25, 0.3) is 0 Å². The molecule has 0 radical (unpaired) electrons. The lowest BCUT2D eigenvalue weighted by Crippen LogP contribution is -2.19. The lowest BCUT2D eigenvalue weighted by molar-refractivity contribution is -0.274. The first-order chi connectivity index (χ1) is 9.82. The fourth-order valence-electron chi connectivity index (χ4n) is 1.62. The monoisotopic (exact) mass is 301 g/mol. The van der Waals surface area contributed by atoms with Gasteiger partial charge in [-0.05, 0) is 18.6 Å². The van der Waals surface area contributed by atoms with E-state index in [1.807, 2.05) is 0 Å². The van der Waals surface area contributed by atoms with Crippen molar-refractivity contribution in [2.75, 3.05) is 6.61 Å². The Morgan fingerprint density at radius 2 is 2.10 bits per heavy atom. The second-order valence-corrected chi connectivity index (χ2v) is 3.77. The van der Waals surface area contributed by atoms with Gasteiger partial charge in [0.2, 0.25) is 0 Å². The summed E-state index contributed by atoms with van der Waals surface area (Å²) < 4.78 is 45.0. The number of hydrogen-bond acceptors (Lipinski definition) is 5. The molecule has 5 nitrogen and oxygen atoms in total. The van der Waals surface area contributed by atoms with Crippen LogP contribution in [-0.4, -0.2) is 25.2 Å². The van der Waals surface area contributed by atoms with Gasteiger partial charge in [-0.15, -0.1) is 13.2 Å². The molecule has 0 saturated carbocycles. The maximum atomic E-state index is 12.2. The summed E-state index contributed by atoms with van der Waals surface area (Å²) in [6.07, 6.45) is -5.12. The average molecular weight is 301 g/mol. The van der Waals surface area contributed by atoms with Crippen molar-refractivity contribution in [2.45, 2.75) is 19.7 Å². The number of nitrogens with zero attached hydrogens (tertiary/aromatic N) is 1. The second-order valence-electron chi connectivity index (χ2n) is 3.77. The van der Waals surface area contributed by atoms with Crippen LogP contribution in [-0.2, 0) is 16.0 Å². The highest BCUT2D eigenvalue weighted by molar-refractivity contribution is 5.86. The summed E-state index contributed by atoms with van der Waals surface area (Å²) in [6, 6.07) is 3.47. The number of halogens is 3. The van der Waals surface area contributed by atoms with Crippen LogP contribution in [0.3, 0.4) is 0 Å². The minimum Gasteiger partial charge on any atom is -0.466 e. The number of nitriles is 1. The SMILES string of the molecule is CCOC(=O)Cc1ccc(OC(F)(F)F)c(C#N)c1C=O. The van der Waals surface area contributed by atoms with E-state index >= 15 is 0 Å². The van der Waals surface area contributed by atoms with E-state index in [9.17, 15) is 22.8 Å². The number of carbonyl (C=O) groups excluding carboxylic acids is 2. The van der Waals surface area contributed by atoms with Gasteiger partial charge < -0.3 is 9.47 Å². The smallest absolute Gasteiger partial charge is 0.466 e. The Morgan fingerprint density at radius 3 is 2.57 bits per heavy atom. The van der Waals surface area contributed by atoms with Crippen molar-refractivity contribution < 1.29 is 32.2 Å². The Morgan fingerprint density at radius 1 is 1.43 bits per heavy atom. The second kappa shape index (κ2) is 6.74. The zero-order valence-electron chi connectivity index (χ0n) is 10.9. The Hall–Kier alpha value is -2.56. The summed E-state index contributed by atoms with van der Waals surface area (Å²) in [6.45, 7) is 1.70. The van der Waals surface area contributed by atoms with Crippen molar-refractivity contribution in [3.05, 3.63) is 28.8 Å². The number of aldehydes is 1. The summed E-state index contributed by atoms with van der Waals surface area (Å²) in [5, 5.41) is 8.92. The summed E-state index contributed by atoms with van der Waals surface area (Å²) in [7, 11) is 0. The molecule has 1 rings (SSSR count). The summed E-state index contributed by atoms with van der Waals surface area (Å²) >= 11 is 0. The van der Waals surface area contributed by atoms with E-state index in [4.69, 9.17) is 5.26 Å². The van der Waals surface area contributed by atoms with Crippen LogP contribution in [0.2, 0.25) is 0 Å². The highest BCUT2D eigenvalue weighted by Gasteiger charge is 2.33. The zero-order valence-corrected chi connectivity index (χ0v) is 10.9. The van der Waals surface area contributed by atoms with E-state index in [0.29, 0.717) is 0 Å². The molecule has 0 saturated heterocycles. The molecular formula is C13H10F3NO4. The first-order valence-electron chi connectivity index (χ1n) is 5.74. The van der Waals surface area contributed by atoms with E-state index in [2.05, 4.69) is 9.47 Å². The van der Waals surface area contributed by atoms with Crippen LogP contribution < -0.4 is 4.74 Å². The molecule has 1 aromatic rings. The predicted octanol–water partition coefficient (Wildman–Crippen LogP) is 2.37. The topological polar surface area (TPSA) is 76.4 Å². The molecule has 0 aliphatic carbocycles. The van der Waals surface area contributed by atoms with Crippen molar-refractivity contribution in [3.8, 4) is 11.8 Å². The third-order valence-electron chi connectivity index (χ3n) is 2.39. The fourth-order valence-corrected chi connectivity index (χ4v) is 1.62. The van der Waals surface area contributed by atoms with E-state index in [-0.39, 0.29) is 30.4 Å². The maximum Gasteiger partial charge on any atom is 0.573 e. The van der Waals surface area contributed by atoms with Crippen LogP contribution >= 0.6 is 0 Å². The highest BCUT2D eigenvalue weighted by atomic mass is 19.4. The molecule has 0 aliphatic heterocycles. The Labute approximate surface area is 117 Å². The van der Waals surface area contributed by atoms with Crippen LogP contribution in [0.4, 0.5) is 13.2 Å². The van der Waals surface area contributed by atoms with Crippen LogP contribution in [0.1, 0.15) is 28.4 Å². The number of carbonyl (C=O) groups is 2. The first-order valence-corrected chi connectivity index (χ1v) is 5.74. The lowest BCUT2D eigenvalue weighted by Gasteiger charge is -2.13. The van der Waals surface area contributed by atoms with Crippen molar-refractivity contribution in [2.24, 2.45) is 0 Å². The molecule has 0 aromatic heterocycles. The number of ether oxygens (including phenoxy) is 2. The molecule has 0 spiro atoms. The summed E-state index contributed by atoms with van der Waals surface area (Å²) in [4.78, 5) is 22.4. The quantitative estimate of drug-likeness (QED) is 0.616. The van der Waals surface area contributed by atoms with E-state index in [0.717, 1.165) is 12.1 Å². The Kier molecular flexibility index (Phi) is 5.30. The minimum absolute atomic E-state index is 0.0922. The third-order valence-corrected chi connectivity index (χ3v) is 2.39. The molecule has 0 unspecified atom stereocenters. The molecule has 1 aromatic carbocycles. The highest BCUT2D eigenvalue weighted by Crippen LogP contribution is 2.29. The van der Waals surface area contributed by atoms with Crippen molar-refractivity contribution in [1.82, 2.24) is 0 Å². The van der Waals surface area contributed by atoms with Crippen LogP contribution in [0, 0.1) is 11.3 Å². The van der Waals surface area contributed by atoms with E-state index in [1.165, 1.54) is 6.07 Å². The number of alkyl halides is 3. The number of rotatable bonds is 5. The van der Waals surface area contributed by atoms with Crippen molar-refractivity contribution in [3.63, 3.8) is 0 Å². The van der Waals surface area contributed by atoms with Gasteiger partial charge in [0.15, 0.2) is 6.29 Å². The third kappa shape index (κ3) is 4.49. The normalized spacial score (nSPS) is 10.6. The summed E-state index contributed by atoms with van der Waals surface area (Å²) in [5.74, 6) is -1.45. The van der Waals surface area contributed by atoms with Gasteiger partial charge in [-0.2, -0.15) is 5.26 Å². The molecule has 8 heteroatoms. The molecule has 0 heterocycles. The van der Waals surface area contributed by atoms with Crippen LogP contribution in [0.15, 0.2) is 12.1 Å². The van der Waals surface area contributed by atoms with Gasteiger partial charge in [0.05, 0.1) is 13.0 Å². The molecule has 112 valence electrons. The van der Waals surface area contributed by atoms with Crippen molar-refractivity contribution in [1.29, 1.82) is 5.26 Å². The average Bonchev–Trinajstić information content (AvgIpc) is 2.38. The molecule has 0 fully saturated rings. The number of benzene rings is 1. The number of hydrogen-bond donors (Lipinski definition) is 0. The Bertz CT molecular complexity index is 590. The van der Waals surface area contributed by atoms with Gasteiger partial charge in [-0.1, -0.05) is 6.07 Å². The zero-order chi connectivity index (χ0) is 16.0. The first kappa shape index (κ1) is 16.5. The fraction of sp³-hybridized carbons (Fsp3) is 0.308. The van der Waals surface area contributed by atoms with E-state index in [1.54, 1.807) is 6.92 Å². The molecule has 0 amide bonds. The molecule has 0 atom stereocenters. The van der Waals surface area contributed by atoms with Crippen molar-refractivity contribution >= 4 is 12.3 Å². The standard InChI is InChI=1S/C13H10F3NO4/c1-2-20-12(19)5-8-3-4-11(21-13(14,15)16)9(6-17)10(8)7-18/h3-4,7H,2,5H2,1H3. The largest absolute Gasteiger partial charge is 0.573 e. The minimum atomic E-state index is -4.99. The van der Waals surface area contributed by atoms with Gasteiger partial charge in [-0.25, -0.2) is 0 Å². The van der Waals surface area contributed by atoms with Crippen LogP contribution in [0.5, 0.6) is 5.75 Å². The lowest BCUT2D eigenvalue weighted by atomic mass is 9.99. The molecule has 0 bridgehead atoms. The van der Waals surface area contributed by atoms with E-state index < -0.39 is 23.6 Å². The van der Waals surface area contributed by atoms with Gasteiger partial charge in [0.1, 0.15) is 17.4 Å². The number of esters is 1. The molecule has 21 heavy (non-hydrogen) atoms. The van der Waals surface area contributed by atoms with Gasteiger partial charge >= 0.3 is 12.3 Å². The Balaban J connectivity index is 3.23. The van der Waals surface area contributed by atoms with Gasteiger partial charge in [-0.3, -0.25) is 9.59 Å². The maximum absolute atomic E-state index is 12.2. The molecular weight excluding hydrogens is 291 g/mol.